The van der Waals surface area contributed by atoms with Crippen molar-refractivity contribution >= 4 is 77.0 Å². The van der Waals surface area contributed by atoms with E-state index in [9.17, 15) is 0 Å². The lowest BCUT2D eigenvalue weighted by Crippen LogP contribution is -2.36. The lowest BCUT2D eigenvalue weighted by molar-refractivity contribution is 0.671. The van der Waals surface area contributed by atoms with Gasteiger partial charge in [-0.15, -0.1) is 0 Å². The molecular weight excluding hydrogens is 683 g/mol. The smallest absolute Gasteiger partial charge is 0.234 e. The molecule has 3 aliphatic rings. The Morgan fingerprint density at radius 3 is 2.11 bits per heavy atom. The standard InChI is InChI=1S/C51H35N5/c1-4-20-35-32(14-1)17-11-25-40(35)49-52-50(41-26-12-18-33-15-2-5-21-36(33)41)54-51(53-49)56-44-27-9-7-23-38(44)39-30-31-46-47(48(39)56)42-24-8-10-28-45(42)55(46)43-29-13-19-34-16-3-6-22-37(34)43/h1-17,19-31,33,49H,18H2,(H,52,53,54). The lowest BCUT2D eigenvalue weighted by Gasteiger charge is -2.29. The van der Waals surface area contributed by atoms with Crippen LogP contribution >= 0.6 is 0 Å². The quantitative estimate of drug-likeness (QED) is 0.194. The van der Waals surface area contributed by atoms with Gasteiger partial charge >= 0.3 is 0 Å². The minimum absolute atomic E-state index is 0.316. The van der Waals surface area contributed by atoms with E-state index in [2.05, 4.69) is 196 Å². The largest absolute Gasteiger partial charge is 0.344 e. The van der Waals surface area contributed by atoms with E-state index >= 15 is 0 Å². The number of allylic oxidation sites excluding steroid dienone is 6. The summed E-state index contributed by atoms with van der Waals surface area (Å²) in [5, 5.41) is 13.4. The molecule has 0 bridgehead atoms. The maximum absolute atomic E-state index is 5.58. The number of rotatable bonds is 3. The third-order valence-electron chi connectivity index (χ3n) is 11.9. The summed E-state index contributed by atoms with van der Waals surface area (Å²) < 4.78 is 4.77. The van der Waals surface area contributed by atoms with Gasteiger partial charge in [-0.05, 0) is 52.4 Å². The van der Waals surface area contributed by atoms with Crippen molar-refractivity contribution < 1.29 is 0 Å². The molecule has 0 amide bonds. The number of fused-ring (bicyclic) bond motifs is 10. The summed E-state index contributed by atoms with van der Waals surface area (Å²) in [6, 6.07) is 52.5. The number of benzene rings is 7. The van der Waals surface area contributed by atoms with E-state index < -0.39 is 0 Å². The third-order valence-corrected chi connectivity index (χ3v) is 11.9. The minimum atomic E-state index is -0.374. The van der Waals surface area contributed by atoms with Crippen molar-refractivity contribution in [3.05, 3.63) is 199 Å². The fraction of sp³-hybridized carbons (Fsp3) is 0.0588. The highest BCUT2D eigenvalue weighted by Gasteiger charge is 2.29. The zero-order valence-electron chi connectivity index (χ0n) is 30.5. The van der Waals surface area contributed by atoms with Crippen LogP contribution in [0.25, 0.3) is 70.8 Å². The van der Waals surface area contributed by atoms with Gasteiger partial charge in [0.1, 0.15) is 12.0 Å². The second kappa shape index (κ2) is 12.1. The van der Waals surface area contributed by atoms with Crippen molar-refractivity contribution in [2.45, 2.75) is 12.6 Å². The molecule has 0 radical (unpaired) electrons. The number of nitrogens with one attached hydrogen (secondary N) is 1. The van der Waals surface area contributed by atoms with Gasteiger partial charge in [-0.1, -0.05) is 158 Å². The highest BCUT2D eigenvalue weighted by atomic mass is 15.3. The molecule has 0 fully saturated rings. The number of aromatic nitrogens is 2. The van der Waals surface area contributed by atoms with Crippen LogP contribution in [-0.4, -0.2) is 20.9 Å². The summed E-state index contributed by atoms with van der Waals surface area (Å²) in [4.78, 5) is 11.1. The van der Waals surface area contributed by atoms with E-state index in [1.165, 1.54) is 48.7 Å². The molecule has 2 atom stereocenters. The fourth-order valence-corrected chi connectivity index (χ4v) is 9.42. The molecule has 1 N–H and O–H groups in total. The molecule has 2 aromatic heterocycles. The number of hydrogen-bond donors (Lipinski definition) is 1. The minimum Gasteiger partial charge on any atom is -0.344 e. The third kappa shape index (κ3) is 4.55. The van der Waals surface area contributed by atoms with E-state index in [-0.39, 0.29) is 6.17 Å². The zero-order chi connectivity index (χ0) is 36.7. The normalized spacial score (nSPS) is 18.0. The van der Waals surface area contributed by atoms with Gasteiger partial charge < -0.3 is 9.88 Å². The highest BCUT2D eigenvalue weighted by molar-refractivity contribution is 6.29. The monoisotopic (exact) mass is 717 g/mol. The Balaban J connectivity index is 1.20. The number of nitrogens with zero attached hydrogens (tertiary/aromatic N) is 4. The molecule has 5 heteroatoms. The maximum Gasteiger partial charge on any atom is 0.234 e. The van der Waals surface area contributed by atoms with Crippen molar-refractivity contribution in [3.63, 3.8) is 0 Å². The summed E-state index contributed by atoms with van der Waals surface area (Å²) in [5.74, 6) is 1.81. The molecule has 0 saturated carbocycles. The molecule has 1 aliphatic heterocycles. The molecule has 56 heavy (non-hydrogen) atoms. The molecule has 0 saturated heterocycles. The Hall–Kier alpha value is -7.24. The summed E-state index contributed by atoms with van der Waals surface area (Å²) in [6.45, 7) is 0. The van der Waals surface area contributed by atoms with Crippen molar-refractivity contribution in [1.29, 1.82) is 0 Å². The van der Waals surface area contributed by atoms with Crippen LogP contribution in [0.4, 0.5) is 0 Å². The van der Waals surface area contributed by atoms with Crippen LogP contribution in [0.1, 0.15) is 18.2 Å². The van der Waals surface area contributed by atoms with Crippen molar-refractivity contribution in [2.24, 2.45) is 15.9 Å². The van der Waals surface area contributed by atoms with Crippen LogP contribution in [-0.2, 0) is 0 Å². The first-order chi connectivity index (χ1) is 27.8. The number of para-hydroxylation sites is 2. The van der Waals surface area contributed by atoms with Crippen LogP contribution in [0, 0.1) is 5.92 Å². The first kappa shape index (κ1) is 31.1. The van der Waals surface area contributed by atoms with Gasteiger partial charge in [-0.25, -0.2) is 4.99 Å². The summed E-state index contributed by atoms with van der Waals surface area (Å²) >= 11 is 0. The molecule has 3 heterocycles. The predicted molar refractivity (Wildman–Crippen MR) is 234 cm³/mol. The predicted octanol–water partition coefficient (Wildman–Crippen LogP) is 12.1. The molecule has 5 nitrogen and oxygen atoms in total. The van der Waals surface area contributed by atoms with Gasteiger partial charge in [-0.3, -0.25) is 4.57 Å². The lowest BCUT2D eigenvalue weighted by atomic mass is 9.83. The van der Waals surface area contributed by atoms with E-state index in [1.807, 2.05) is 0 Å². The summed E-state index contributed by atoms with van der Waals surface area (Å²) in [7, 11) is 0. The first-order valence-electron chi connectivity index (χ1n) is 19.4. The van der Waals surface area contributed by atoms with Gasteiger partial charge in [0.2, 0.25) is 5.96 Å². The number of hydrogen-bond acceptors (Lipinski definition) is 3. The molecule has 2 aliphatic carbocycles. The zero-order valence-corrected chi connectivity index (χ0v) is 30.5. The van der Waals surface area contributed by atoms with Gasteiger partial charge in [0.25, 0.3) is 0 Å². The molecule has 0 spiro atoms. The van der Waals surface area contributed by atoms with Crippen LogP contribution < -0.4 is 5.32 Å². The Kier molecular flexibility index (Phi) is 6.75. The Morgan fingerprint density at radius 2 is 1.25 bits per heavy atom. The van der Waals surface area contributed by atoms with Crippen LogP contribution in [0.5, 0.6) is 0 Å². The molecule has 9 aromatic rings. The SMILES string of the molecule is C1=CC2=C(C3=NC(n4c5ccccc5c5ccc6c(c7ccccc7n6-c6cccc7ccccc67)c54)=NC(c4cccc5ccccc45)N3)C=CCC2C=C1. The summed E-state index contributed by atoms with van der Waals surface area (Å²) in [5.41, 5.74) is 9.16. The molecular formula is C51H35N5. The maximum atomic E-state index is 5.58. The van der Waals surface area contributed by atoms with E-state index in [4.69, 9.17) is 9.98 Å². The topological polar surface area (TPSA) is 46.6 Å². The summed E-state index contributed by atoms with van der Waals surface area (Å²) in [6.07, 6.45) is 14.0. The average molecular weight is 718 g/mol. The number of aliphatic imine (C=N–C) groups is 2. The van der Waals surface area contributed by atoms with Crippen molar-refractivity contribution in [1.82, 2.24) is 14.5 Å². The van der Waals surface area contributed by atoms with Gasteiger partial charge in [0.15, 0.2) is 0 Å². The fourth-order valence-electron chi connectivity index (χ4n) is 9.42. The second-order valence-corrected chi connectivity index (χ2v) is 14.9. The average Bonchev–Trinajstić information content (AvgIpc) is 3.78. The van der Waals surface area contributed by atoms with Gasteiger partial charge in [0, 0.05) is 44.0 Å². The Bertz CT molecular complexity index is 3310. The second-order valence-electron chi connectivity index (χ2n) is 14.9. The molecule has 12 rings (SSSR count). The van der Waals surface area contributed by atoms with Gasteiger partial charge in [0.05, 0.1) is 27.8 Å². The van der Waals surface area contributed by atoms with Crippen molar-refractivity contribution in [3.8, 4) is 5.69 Å². The Labute approximate surface area is 323 Å². The van der Waals surface area contributed by atoms with E-state index in [0.717, 1.165) is 51.1 Å². The van der Waals surface area contributed by atoms with Crippen LogP contribution in [0.3, 0.4) is 0 Å². The Morgan fingerprint density at radius 1 is 0.554 bits per heavy atom. The van der Waals surface area contributed by atoms with E-state index in [1.54, 1.807) is 0 Å². The highest BCUT2D eigenvalue weighted by Crippen LogP contribution is 2.42. The van der Waals surface area contributed by atoms with Crippen LogP contribution in [0.15, 0.2) is 203 Å². The van der Waals surface area contributed by atoms with Crippen molar-refractivity contribution in [2.75, 3.05) is 0 Å². The first-order valence-corrected chi connectivity index (χ1v) is 19.4. The molecule has 7 aromatic carbocycles. The van der Waals surface area contributed by atoms with Crippen LogP contribution in [0.2, 0.25) is 0 Å². The number of amidine groups is 1. The molecule has 264 valence electrons. The van der Waals surface area contributed by atoms with Gasteiger partial charge in [-0.2, -0.15) is 4.99 Å². The molecule has 2 unspecified atom stereocenters. The van der Waals surface area contributed by atoms with E-state index in [0.29, 0.717) is 11.9 Å².